The van der Waals surface area contributed by atoms with Gasteiger partial charge in [-0.1, -0.05) is 29.8 Å². The molecule has 0 bridgehead atoms. The van der Waals surface area contributed by atoms with Gasteiger partial charge in [0.25, 0.3) is 5.91 Å². The zero-order chi connectivity index (χ0) is 13.8. The Kier molecular flexibility index (Phi) is 4.86. The smallest absolute Gasteiger partial charge is 0.260 e. The maximum Gasteiger partial charge on any atom is 0.260 e. The van der Waals surface area contributed by atoms with Gasteiger partial charge in [-0.15, -0.1) is 0 Å². The van der Waals surface area contributed by atoms with Crippen LogP contribution >= 0.6 is 15.9 Å². The zero-order valence-corrected chi connectivity index (χ0v) is 13.1. The maximum atomic E-state index is 12.0. The van der Waals surface area contributed by atoms with E-state index in [1.807, 2.05) is 17.0 Å². The second kappa shape index (κ2) is 6.42. The summed E-state index contributed by atoms with van der Waals surface area (Å²) in [6, 6.07) is 5.93. The van der Waals surface area contributed by atoms with Crippen molar-refractivity contribution in [1.29, 1.82) is 0 Å². The van der Waals surface area contributed by atoms with Crippen LogP contribution in [0.4, 0.5) is 0 Å². The number of hydrogen-bond donors (Lipinski definition) is 0. The molecule has 1 amide bonds. The van der Waals surface area contributed by atoms with Crippen molar-refractivity contribution in [3.8, 4) is 5.75 Å². The third-order valence-electron chi connectivity index (χ3n) is 3.40. The van der Waals surface area contributed by atoms with Gasteiger partial charge in [-0.25, -0.2) is 0 Å². The summed E-state index contributed by atoms with van der Waals surface area (Å²) in [7, 11) is 0. The summed E-state index contributed by atoms with van der Waals surface area (Å²) in [5.74, 6) is 1.27. The topological polar surface area (TPSA) is 29.5 Å². The Hall–Kier alpha value is -1.03. The highest BCUT2D eigenvalue weighted by molar-refractivity contribution is 9.10. The number of rotatable bonds is 4. The fourth-order valence-electron chi connectivity index (χ4n) is 2.30. The first-order valence-corrected chi connectivity index (χ1v) is 7.57. The molecule has 1 aliphatic rings. The number of likely N-dealkylation sites (tertiary alicyclic amines) is 1. The lowest BCUT2D eigenvalue weighted by Crippen LogP contribution is -2.32. The Morgan fingerprint density at radius 2 is 2.05 bits per heavy atom. The lowest BCUT2D eigenvalue weighted by atomic mass is 10.0. The first kappa shape index (κ1) is 14.4. The van der Waals surface area contributed by atoms with E-state index in [4.69, 9.17) is 4.74 Å². The molecule has 0 radical (unpaired) electrons. The van der Waals surface area contributed by atoms with E-state index in [9.17, 15) is 4.79 Å². The van der Waals surface area contributed by atoms with Gasteiger partial charge in [0.05, 0.1) is 0 Å². The van der Waals surface area contributed by atoms with E-state index in [0.29, 0.717) is 5.92 Å². The number of carbonyl (C=O) groups excluding carboxylic acids is 1. The number of carbonyl (C=O) groups is 1. The Labute approximate surface area is 123 Å². The van der Waals surface area contributed by atoms with Crippen LogP contribution in [-0.2, 0) is 4.79 Å². The van der Waals surface area contributed by atoms with Crippen LogP contribution in [0.15, 0.2) is 22.7 Å². The molecule has 104 valence electrons. The molecule has 0 N–H and O–H groups in total. The maximum absolute atomic E-state index is 12.0. The Balaban J connectivity index is 2.00. The summed E-state index contributed by atoms with van der Waals surface area (Å²) < 4.78 is 6.75. The molecule has 3 nitrogen and oxygen atoms in total. The van der Waals surface area contributed by atoms with Gasteiger partial charge < -0.3 is 9.64 Å². The summed E-state index contributed by atoms with van der Waals surface area (Å²) >= 11 is 3.47. The van der Waals surface area contributed by atoms with Crippen LogP contribution in [0.5, 0.6) is 5.75 Å². The fraction of sp³-hybridized carbons (Fsp3) is 0.533. The van der Waals surface area contributed by atoms with Crippen LogP contribution in [0.1, 0.15) is 38.2 Å². The van der Waals surface area contributed by atoms with Gasteiger partial charge in [-0.05, 0) is 42.5 Å². The number of amides is 1. The number of halogens is 1. The van der Waals surface area contributed by atoms with Gasteiger partial charge in [0.15, 0.2) is 6.61 Å². The van der Waals surface area contributed by atoms with Crippen molar-refractivity contribution < 1.29 is 9.53 Å². The summed E-state index contributed by atoms with van der Waals surface area (Å²) in [6.07, 6.45) is 2.22. The minimum atomic E-state index is 0.0927. The standard InChI is InChI=1S/C15H20BrNO2/c1-11(2)13-9-12(16)5-6-14(13)19-10-15(18)17-7-3-4-8-17/h5-6,9,11H,3-4,7-8,10H2,1-2H3. The average molecular weight is 326 g/mol. The molecule has 0 atom stereocenters. The summed E-state index contributed by atoms with van der Waals surface area (Å²) in [5.41, 5.74) is 1.13. The molecule has 4 heteroatoms. The lowest BCUT2D eigenvalue weighted by Gasteiger charge is -2.18. The zero-order valence-electron chi connectivity index (χ0n) is 11.5. The predicted molar refractivity (Wildman–Crippen MR) is 79.5 cm³/mol. The predicted octanol–water partition coefficient (Wildman–Crippen LogP) is 3.57. The first-order chi connectivity index (χ1) is 9.08. The molecule has 1 aromatic rings. The van der Waals surface area contributed by atoms with Crippen LogP contribution < -0.4 is 4.74 Å². The second-order valence-corrected chi connectivity index (χ2v) is 6.13. The fourth-order valence-corrected chi connectivity index (χ4v) is 2.68. The van der Waals surface area contributed by atoms with E-state index in [1.165, 1.54) is 0 Å². The average Bonchev–Trinajstić information content (AvgIpc) is 2.90. The molecule has 0 aliphatic carbocycles. The molecule has 1 aliphatic heterocycles. The van der Waals surface area contributed by atoms with Crippen molar-refractivity contribution in [2.75, 3.05) is 19.7 Å². The van der Waals surface area contributed by atoms with Crippen molar-refractivity contribution in [1.82, 2.24) is 4.90 Å². The van der Waals surface area contributed by atoms with Crippen LogP contribution in [0.3, 0.4) is 0 Å². The number of benzene rings is 1. The van der Waals surface area contributed by atoms with Crippen molar-refractivity contribution in [2.45, 2.75) is 32.6 Å². The van der Waals surface area contributed by atoms with E-state index in [2.05, 4.69) is 35.8 Å². The van der Waals surface area contributed by atoms with E-state index >= 15 is 0 Å². The summed E-state index contributed by atoms with van der Waals surface area (Å²) in [5, 5.41) is 0. The van der Waals surface area contributed by atoms with Crippen LogP contribution in [0.25, 0.3) is 0 Å². The van der Waals surface area contributed by atoms with Gasteiger partial charge in [-0.3, -0.25) is 4.79 Å². The Morgan fingerprint density at radius 3 is 2.68 bits per heavy atom. The second-order valence-electron chi connectivity index (χ2n) is 5.21. The molecular formula is C15H20BrNO2. The first-order valence-electron chi connectivity index (χ1n) is 6.78. The van der Waals surface area contributed by atoms with Gasteiger partial charge in [0.2, 0.25) is 0 Å². The SMILES string of the molecule is CC(C)c1cc(Br)ccc1OCC(=O)N1CCCC1. The third-order valence-corrected chi connectivity index (χ3v) is 3.90. The minimum Gasteiger partial charge on any atom is -0.483 e. The van der Waals surface area contributed by atoms with E-state index < -0.39 is 0 Å². The molecule has 0 saturated carbocycles. The highest BCUT2D eigenvalue weighted by Crippen LogP contribution is 2.29. The normalized spacial score (nSPS) is 15.1. The van der Waals surface area contributed by atoms with Crippen LogP contribution in [-0.4, -0.2) is 30.5 Å². The Bertz CT molecular complexity index is 453. The Morgan fingerprint density at radius 1 is 1.37 bits per heavy atom. The van der Waals surface area contributed by atoms with E-state index in [1.54, 1.807) is 0 Å². The molecule has 19 heavy (non-hydrogen) atoms. The number of nitrogens with zero attached hydrogens (tertiary/aromatic N) is 1. The van der Waals surface area contributed by atoms with Crippen molar-refractivity contribution in [3.63, 3.8) is 0 Å². The minimum absolute atomic E-state index is 0.0927. The van der Waals surface area contributed by atoms with Crippen molar-refractivity contribution >= 4 is 21.8 Å². The van der Waals surface area contributed by atoms with Crippen molar-refractivity contribution in [3.05, 3.63) is 28.2 Å². The molecule has 1 aromatic carbocycles. The van der Waals surface area contributed by atoms with E-state index in [-0.39, 0.29) is 12.5 Å². The highest BCUT2D eigenvalue weighted by atomic mass is 79.9. The van der Waals surface area contributed by atoms with Gasteiger partial charge in [-0.2, -0.15) is 0 Å². The van der Waals surface area contributed by atoms with Crippen LogP contribution in [0.2, 0.25) is 0 Å². The van der Waals surface area contributed by atoms with Crippen molar-refractivity contribution in [2.24, 2.45) is 0 Å². The quantitative estimate of drug-likeness (QED) is 0.846. The monoisotopic (exact) mass is 325 g/mol. The number of hydrogen-bond acceptors (Lipinski definition) is 2. The van der Waals surface area contributed by atoms with Gasteiger partial charge >= 0.3 is 0 Å². The summed E-state index contributed by atoms with van der Waals surface area (Å²) in [6.45, 7) is 6.13. The molecular weight excluding hydrogens is 306 g/mol. The van der Waals surface area contributed by atoms with Gasteiger partial charge in [0, 0.05) is 17.6 Å². The van der Waals surface area contributed by atoms with Gasteiger partial charge in [0.1, 0.15) is 5.75 Å². The third kappa shape index (κ3) is 3.72. The summed E-state index contributed by atoms with van der Waals surface area (Å²) in [4.78, 5) is 13.8. The molecule has 1 fully saturated rings. The molecule has 0 aromatic heterocycles. The molecule has 1 saturated heterocycles. The van der Waals surface area contributed by atoms with E-state index in [0.717, 1.165) is 41.7 Å². The largest absolute Gasteiger partial charge is 0.483 e. The molecule has 1 heterocycles. The number of ether oxygens (including phenoxy) is 1. The molecule has 0 unspecified atom stereocenters. The molecule has 2 rings (SSSR count). The highest BCUT2D eigenvalue weighted by Gasteiger charge is 2.19. The van der Waals surface area contributed by atoms with Crippen LogP contribution in [0, 0.1) is 0 Å². The molecule has 0 spiro atoms. The lowest BCUT2D eigenvalue weighted by molar-refractivity contribution is -0.132.